The fraction of sp³-hybridized carbons (Fsp3) is 0.667. The van der Waals surface area contributed by atoms with Gasteiger partial charge in [0.25, 0.3) is 5.60 Å². The molecular formula is C27H43NO10. The van der Waals surface area contributed by atoms with Crippen molar-refractivity contribution in [1.29, 1.82) is 0 Å². The molecule has 0 amide bonds. The lowest BCUT2D eigenvalue weighted by atomic mass is 9.94. The van der Waals surface area contributed by atoms with E-state index < -0.39 is 35.2 Å². The zero-order valence-corrected chi connectivity index (χ0v) is 23.8. The van der Waals surface area contributed by atoms with Gasteiger partial charge in [0.05, 0.1) is 34.5 Å². The summed E-state index contributed by atoms with van der Waals surface area (Å²) in [5.74, 6) is -0.968. The first kappa shape index (κ1) is 33.0. The van der Waals surface area contributed by atoms with Crippen LogP contribution in [0.25, 0.3) is 0 Å². The van der Waals surface area contributed by atoms with E-state index in [9.17, 15) is 14.4 Å². The van der Waals surface area contributed by atoms with Crippen molar-refractivity contribution in [2.24, 2.45) is 5.73 Å². The maximum atomic E-state index is 13.0. The fourth-order valence-corrected chi connectivity index (χ4v) is 3.63. The van der Waals surface area contributed by atoms with Gasteiger partial charge in [-0.2, -0.15) is 0 Å². The molecule has 1 unspecified atom stereocenters. The molecule has 0 saturated carbocycles. The van der Waals surface area contributed by atoms with Crippen molar-refractivity contribution < 1.29 is 47.5 Å². The van der Waals surface area contributed by atoms with Crippen LogP contribution >= 0.6 is 0 Å². The topological polar surface area (TPSA) is 142 Å². The van der Waals surface area contributed by atoms with Gasteiger partial charge >= 0.3 is 17.9 Å². The number of methoxy groups -OCH3 is 3. The van der Waals surface area contributed by atoms with Crippen molar-refractivity contribution in [3.8, 4) is 17.2 Å². The molecule has 0 aliphatic heterocycles. The van der Waals surface area contributed by atoms with E-state index in [1.807, 2.05) is 12.1 Å². The molecule has 0 saturated heterocycles. The maximum absolute atomic E-state index is 13.0. The number of benzene rings is 1. The third-order valence-electron chi connectivity index (χ3n) is 5.41. The molecule has 0 spiro atoms. The van der Waals surface area contributed by atoms with Crippen LogP contribution in [-0.2, 0) is 39.8 Å². The Morgan fingerprint density at radius 2 is 1.42 bits per heavy atom. The summed E-state index contributed by atoms with van der Waals surface area (Å²) >= 11 is 0. The molecule has 0 fully saturated rings. The average molecular weight is 542 g/mol. The van der Waals surface area contributed by atoms with Gasteiger partial charge in [0, 0.05) is 13.0 Å². The van der Waals surface area contributed by atoms with E-state index in [2.05, 4.69) is 0 Å². The first-order valence-corrected chi connectivity index (χ1v) is 12.6. The van der Waals surface area contributed by atoms with Crippen molar-refractivity contribution >= 4 is 17.9 Å². The average Bonchev–Trinajstić information content (AvgIpc) is 2.86. The molecule has 0 bridgehead atoms. The van der Waals surface area contributed by atoms with Crippen LogP contribution in [0.3, 0.4) is 0 Å². The van der Waals surface area contributed by atoms with Crippen molar-refractivity contribution in [2.45, 2.75) is 77.5 Å². The zero-order chi connectivity index (χ0) is 28.9. The van der Waals surface area contributed by atoms with E-state index >= 15 is 0 Å². The molecule has 0 radical (unpaired) electrons. The summed E-state index contributed by atoms with van der Waals surface area (Å²) in [4.78, 5) is 38.5. The third-order valence-corrected chi connectivity index (χ3v) is 5.41. The second-order valence-electron chi connectivity index (χ2n) is 9.43. The Bertz CT molecular complexity index is 882. The van der Waals surface area contributed by atoms with Gasteiger partial charge in [0.1, 0.15) is 11.6 Å². The minimum atomic E-state index is -2.08. The number of nitrogens with two attached hydrogens (primary N) is 1. The molecule has 1 aromatic carbocycles. The summed E-state index contributed by atoms with van der Waals surface area (Å²) < 4.78 is 37.7. The number of carbonyl (C=O) groups is 3. The SMILES string of the molecule is CCOC(=O)C(CCC(N)C(=O)OC(C)(C)C)(OCCCc1cc(OC)c(OC)c(OC)c1)C(=O)OCC. The molecule has 216 valence electrons. The number of ether oxygens (including phenoxy) is 7. The van der Waals surface area contributed by atoms with Crippen LogP contribution in [0.4, 0.5) is 0 Å². The Hall–Kier alpha value is -3.05. The van der Waals surface area contributed by atoms with Crippen molar-refractivity contribution in [2.75, 3.05) is 41.2 Å². The van der Waals surface area contributed by atoms with E-state index in [1.54, 1.807) is 34.6 Å². The molecule has 0 aromatic heterocycles. The lowest BCUT2D eigenvalue weighted by Gasteiger charge is -2.30. The van der Waals surface area contributed by atoms with Crippen LogP contribution in [0.2, 0.25) is 0 Å². The Morgan fingerprint density at radius 3 is 1.84 bits per heavy atom. The maximum Gasteiger partial charge on any atom is 0.350 e. The van der Waals surface area contributed by atoms with E-state index in [0.717, 1.165) is 5.56 Å². The van der Waals surface area contributed by atoms with Crippen molar-refractivity contribution in [1.82, 2.24) is 0 Å². The highest BCUT2D eigenvalue weighted by Crippen LogP contribution is 2.38. The van der Waals surface area contributed by atoms with Gasteiger partial charge in [-0.05, 0) is 71.6 Å². The van der Waals surface area contributed by atoms with Gasteiger partial charge in [-0.1, -0.05) is 0 Å². The summed E-state index contributed by atoms with van der Waals surface area (Å²) in [6.45, 7) is 8.44. The molecule has 11 heteroatoms. The largest absolute Gasteiger partial charge is 0.493 e. The third kappa shape index (κ3) is 9.36. The summed E-state index contributed by atoms with van der Waals surface area (Å²) in [6, 6.07) is 2.54. The summed E-state index contributed by atoms with van der Waals surface area (Å²) in [7, 11) is 4.57. The minimum absolute atomic E-state index is 0.00989. The predicted octanol–water partition coefficient (Wildman–Crippen LogP) is 2.98. The summed E-state index contributed by atoms with van der Waals surface area (Å²) in [5, 5.41) is 0. The Labute approximate surface area is 225 Å². The predicted molar refractivity (Wildman–Crippen MR) is 139 cm³/mol. The highest BCUT2D eigenvalue weighted by Gasteiger charge is 2.50. The summed E-state index contributed by atoms with van der Waals surface area (Å²) in [6.07, 6.45) is 0.641. The lowest BCUT2D eigenvalue weighted by molar-refractivity contribution is -0.193. The van der Waals surface area contributed by atoms with E-state index in [-0.39, 0.29) is 32.7 Å². The molecule has 0 heterocycles. The first-order chi connectivity index (χ1) is 17.9. The molecule has 1 aromatic rings. The van der Waals surface area contributed by atoms with Crippen LogP contribution in [-0.4, -0.2) is 76.3 Å². The number of hydrogen-bond acceptors (Lipinski definition) is 11. The van der Waals surface area contributed by atoms with Gasteiger partial charge in [0.2, 0.25) is 5.75 Å². The smallest absolute Gasteiger partial charge is 0.350 e. The Morgan fingerprint density at radius 1 is 0.895 bits per heavy atom. The monoisotopic (exact) mass is 541 g/mol. The zero-order valence-electron chi connectivity index (χ0n) is 23.8. The minimum Gasteiger partial charge on any atom is -0.493 e. The molecule has 0 aliphatic rings. The van der Waals surface area contributed by atoms with Crippen molar-refractivity contribution in [3.63, 3.8) is 0 Å². The molecule has 0 aliphatic carbocycles. The quantitative estimate of drug-likeness (QED) is 0.143. The molecule has 38 heavy (non-hydrogen) atoms. The fourth-order valence-electron chi connectivity index (χ4n) is 3.63. The summed E-state index contributed by atoms with van der Waals surface area (Å²) in [5.41, 5.74) is 4.07. The molecule has 1 rings (SSSR count). The van der Waals surface area contributed by atoms with Gasteiger partial charge in [-0.25, -0.2) is 9.59 Å². The normalized spacial score (nSPS) is 12.3. The lowest BCUT2D eigenvalue weighted by Crippen LogP contribution is -2.52. The van der Waals surface area contributed by atoms with Crippen LogP contribution in [0, 0.1) is 0 Å². The molecular weight excluding hydrogens is 498 g/mol. The highest BCUT2D eigenvalue weighted by atomic mass is 16.6. The Kier molecular flexibility index (Phi) is 13.4. The van der Waals surface area contributed by atoms with Gasteiger partial charge in [-0.3, -0.25) is 4.79 Å². The molecule has 2 N–H and O–H groups in total. The van der Waals surface area contributed by atoms with Crippen LogP contribution in [0.1, 0.15) is 59.4 Å². The molecule has 11 nitrogen and oxygen atoms in total. The van der Waals surface area contributed by atoms with Gasteiger partial charge in [0.15, 0.2) is 11.5 Å². The van der Waals surface area contributed by atoms with Crippen LogP contribution in [0.5, 0.6) is 17.2 Å². The van der Waals surface area contributed by atoms with Crippen LogP contribution < -0.4 is 19.9 Å². The highest BCUT2D eigenvalue weighted by molar-refractivity contribution is 6.03. The number of hydrogen-bond donors (Lipinski definition) is 1. The molecule has 1 atom stereocenters. The second-order valence-corrected chi connectivity index (χ2v) is 9.43. The number of esters is 3. The van der Waals surface area contributed by atoms with Crippen LogP contribution in [0.15, 0.2) is 12.1 Å². The Balaban J connectivity index is 3.10. The first-order valence-electron chi connectivity index (χ1n) is 12.6. The van der Waals surface area contributed by atoms with E-state index in [1.165, 1.54) is 21.3 Å². The van der Waals surface area contributed by atoms with Gasteiger partial charge < -0.3 is 38.9 Å². The van der Waals surface area contributed by atoms with E-state index in [4.69, 9.17) is 38.9 Å². The number of rotatable bonds is 16. The standard InChI is InChI=1S/C27H43NO10/c1-9-35-24(30)27(25(31)36-10-2,14-13-19(28)23(29)38-26(3,4)5)37-15-11-12-18-16-20(32-6)22(34-8)21(17-18)33-7/h16-17,19H,9-15,28H2,1-8H3. The number of aryl methyl sites for hydroxylation is 1. The van der Waals surface area contributed by atoms with E-state index in [0.29, 0.717) is 30.1 Å². The second kappa shape index (κ2) is 15.4. The van der Waals surface area contributed by atoms with Crippen molar-refractivity contribution in [3.05, 3.63) is 17.7 Å². The van der Waals surface area contributed by atoms with Gasteiger partial charge in [-0.15, -0.1) is 0 Å². The number of carbonyl (C=O) groups excluding carboxylic acids is 3.